The molecule has 0 fully saturated rings. The molecule has 0 spiro atoms. The Labute approximate surface area is 187 Å². The second-order valence-corrected chi connectivity index (χ2v) is 8.75. The molecule has 0 aliphatic carbocycles. The van der Waals surface area contributed by atoms with E-state index in [0.29, 0.717) is 22.3 Å². The molecular formula is C21H16Cl2N4S2. The molecule has 4 aromatic rings. The van der Waals surface area contributed by atoms with Gasteiger partial charge in [0.15, 0.2) is 11.0 Å². The lowest BCUT2D eigenvalue weighted by atomic mass is 10.2. The summed E-state index contributed by atoms with van der Waals surface area (Å²) in [6.07, 6.45) is 1.82. The van der Waals surface area contributed by atoms with Gasteiger partial charge in [-0.1, -0.05) is 71.4 Å². The maximum Gasteiger partial charge on any atom is 0.192 e. The van der Waals surface area contributed by atoms with Crippen molar-refractivity contribution in [1.29, 1.82) is 0 Å². The summed E-state index contributed by atoms with van der Waals surface area (Å²) in [6.45, 7) is 4.45. The molecule has 2 aromatic carbocycles. The van der Waals surface area contributed by atoms with E-state index in [9.17, 15) is 0 Å². The lowest BCUT2D eigenvalue weighted by Crippen LogP contribution is -2.00. The molecule has 4 rings (SSSR count). The number of nitrogens with zero attached hydrogens (tertiary/aromatic N) is 4. The highest BCUT2D eigenvalue weighted by Gasteiger charge is 2.15. The van der Waals surface area contributed by atoms with E-state index in [1.165, 1.54) is 0 Å². The topological polar surface area (TPSA) is 43.6 Å². The average Bonchev–Trinajstić information content (AvgIpc) is 3.37. The maximum absolute atomic E-state index is 6.17. The molecule has 0 bridgehead atoms. The van der Waals surface area contributed by atoms with Crippen LogP contribution in [0.4, 0.5) is 0 Å². The summed E-state index contributed by atoms with van der Waals surface area (Å²) in [5.41, 5.74) is 3.01. The molecule has 0 saturated carbocycles. The maximum atomic E-state index is 6.17. The smallest absolute Gasteiger partial charge is 0.192 e. The third kappa shape index (κ3) is 4.56. The van der Waals surface area contributed by atoms with Crippen LogP contribution in [-0.2, 0) is 12.3 Å². The second kappa shape index (κ2) is 9.13. The molecule has 0 aliphatic rings. The van der Waals surface area contributed by atoms with Crippen molar-refractivity contribution in [2.24, 2.45) is 0 Å². The molecule has 0 aliphatic heterocycles. The molecular weight excluding hydrogens is 443 g/mol. The predicted molar refractivity (Wildman–Crippen MR) is 123 cm³/mol. The van der Waals surface area contributed by atoms with Crippen LogP contribution in [0.2, 0.25) is 10.0 Å². The minimum Gasteiger partial charge on any atom is -0.298 e. The van der Waals surface area contributed by atoms with Crippen molar-refractivity contribution < 1.29 is 0 Å². The van der Waals surface area contributed by atoms with Crippen LogP contribution in [0.25, 0.3) is 22.0 Å². The summed E-state index contributed by atoms with van der Waals surface area (Å²) in [5, 5.41) is 13.6. The highest BCUT2D eigenvalue weighted by Crippen LogP contribution is 2.31. The number of benzene rings is 2. The van der Waals surface area contributed by atoms with E-state index in [1.807, 2.05) is 34.9 Å². The van der Waals surface area contributed by atoms with Gasteiger partial charge in [-0.25, -0.2) is 4.98 Å². The molecule has 0 saturated heterocycles. The van der Waals surface area contributed by atoms with Crippen molar-refractivity contribution >= 4 is 46.3 Å². The van der Waals surface area contributed by atoms with E-state index >= 15 is 0 Å². The van der Waals surface area contributed by atoms with Crippen LogP contribution in [0.15, 0.2) is 71.7 Å². The molecule has 2 heterocycles. The van der Waals surface area contributed by atoms with Crippen LogP contribution >= 0.6 is 46.3 Å². The number of allylic oxidation sites excluding steroid dienone is 1. The summed E-state index contributed by atoms with van der Waals surface area (Å²) in [6, 6.07) is 15.6. The van der Waals surface area contributed by atoms with E-state index in [-0.39, 0.29) is 0 Å². The van der Waals surface area contributed by atoms with Gasteiger partial charge in [0.05, 0.1) is 15.7 Å². The first-order valence-corrected chi connectivity index (χ1v) is 11.4. The average molecular weight is 459 g/mol. The van der Waals surface area contributed by atoms with Crippen molar-refractivity contribution in [3.63, 3.8) is 0 Å². The van der Waals surface area contributed by atoms with Crippen LogP contribution in [0.1, 0.15) is 5.69 Å². The Hall–Kier alpha value is -2.12. The molecule has 146 valence electrons. The Bertz CT molecular complexity index is 1140. The fraction of sp³-hybridized carbons (Fsp3) is 0.0952. The molecule has 0 amide bonds. The first kappa shape index (κ1) is 20.2. The molecule has 4 nitrogen and oxygen atoms in total. The largest absolute Gasteiger partial charge is 0.298 e. The molecule has 0 unspecified atom stereocenters. The van der Waals surface area contributed by atoms with Gasteiger partial charge in [-0.15, -0.1) is 28.1 Å². The van der Waals surface area contributed by atoms with Gasteiger partial charge in [-0.2, -0.15) is 0 Å². The van der Waals surface area contributed by atoms with Gasteiger partial charge in [-0.3, -0.25) is 4.57 Å². The second-order valence-electron chi connectivity index (χ2n) is 6.13. The number of thioether (sulfide) groups is 1. The van der Waals surface area contributed by atoms with Crippen LogP contribution in [0.5, 0.6) is 0 Å². The Kier molecular flexibility index (Phi) is 6.35. The Morgan fingerprint density at radius 2 is 1.86 bits per heavy atom. The SMILES string of the molecule is C=CCn1c(SCc2csc(-c3ccccc3)n2)nnc1-c1ccc(Cl)c(Cl)c1. The van der Waals surface area contributed by atoms with E-state index in [1.54, 1.807) is 35.2 Å². The van der Waals surface area contributed by atoms with Gasteiger partial charge >= 0.3 is 0 Å². The van der Waals surface area contributed by atoms with Crippen molar-refractivity contribution in [3.05, 3.63) is 82.3 Å². The lowest BCUT2D eigenvalue weighted by Gasteiger charge is -2.08. The molecule has 0 radical (unpaired) electrons. The van der Waals surface area contributed by atoms with Crippen LogP contribution in [-0.4, -0.2) is 19.7 Å². The summed E-state index contributed by atoms with van der Waals surface area (Å²) in [5.74, 6) is 1.44. The van der Waals surface area contributed by atoms with E-state index in [2.05, 4.69) is 34.3 Å². The lowest BCUT2D eigenvalue weighted by molar-refractivity contribution is 0.731. The van der Waals surface area contributed by atoms with Crippen molar-refractivity contribution in [2.45, 2.75) is 17.5 Å². The standard InChI is InChI=1S/C21H16Cl2N4S2/c1-2-10-27-19(15-8-9-17(22)18(23)11-15)25-26-21(27)29-13-16-12-28-20(24-16)14-6-4-3-5-7-14/h2-9,11-12H,1,10,13H2. The van der Waals surface area contributed by atoms with Crippen LogP contribution in [0.3, 0.4) is 0 Å². The Balaban J connectivity index is 1.55. The Morgan fingerprint density at radius 3 is 2.62 bits per heavy atom. The zero-order chi connectivity index (χ0) is 20.2. The minimum atomic E-state index is 0.488. The number of halogens is 2. The summed E-state index contributed by atoms with van der Waals surface area (Å²) in [7, 11) is 0. The quantitative estimate of drug-likeness (QED) is 0.224. The molecule has 2 aromatic heterocycles. The van der Waals surface area contributed by atoms with Gasteiger partial charge in [0.25, 0.3) is 0 Å². The van der Waals surface area contributed by atoms with Crippen LogP contribution < -0.4 is 0 Å². The fourth-order valence-corrected chi connectivity index (χ4v) is 4.83. The Morgan fingerprint density at radius 1 is 1.03 bits per heavy atom. The fourth-order valence-electron chi connectivity index (χ4n) is 2.76. The highest BCUT2D eigenvalue weighted by atomic mass is 35.5. The molecule has 29 heavy (non-hydrogen) atoms. The van der Waals surface area contributed by atoms with Crippen molar-refractivity contribution in [3.8, 4) is 22.0 Å². The number of rotatable bonds is 7. The van der Waals surface area contributed by atoms with Gasteiger partial charge in [0, 0.05) is 28.8 Å². The number of hydrogen-bond acceptors (Lipinski definition) is 5. The number of aromatic nitrogens is 4. The highest BCUT2D eigenvalue weighted by molar-refractivity contribution is 7.98. The van der Waals surface area contributed by atoms with Gasteiger partial charge < -0.3 is 0 Å². The zero-order valence-electron chi connectivity index (χ0n) is 15.3. The van der Waals surface area contributed by atoms with Crippen molar-refractivity contribution in [1.82, 2.24) is 19.7 Å². The van der Waals surface area contributed by atoms with E-state index in [4.69, 9.17) is 28.2 Å². The van der Waals surface area contributed by atoms with Crippen LogP contribution in [0, 0.1) is 0 Å². The molecule has 0 atom stereocenters. The number of hydrogen-bond donors (Lipinski definition) is 0. The third-order valence-corrected chi connectivity index (χ3v) is 6.81. The van der Waals surface area contributed by atoms with Gasteiger partial charge in [-0.05, 0) is 18.2 Å². The number of thiazole rings is 1. The van der Waals surface area contributed by atoms with Gasteiger partial charge in [0.1, 0.15) is 5.01 Å². The third-order valence-electron chi connectivity index (χ3n) is 4.13. The minimum absolute atomic E-state index is 0.488. The molecule has 8 heteroatoms. The summed E-state index contributed by atoms with van der Waals surface area (Å²) < 4.78 is 2.02. The normalized spacial score (nSPS) is 11.0. The first-order chi connectivity index (χ1) is 14.2. The van der Waals surface area contributed by atoms with Crippen molar-refractivity contribution in [2.75, 3.05) is 0 Å². The summed E-state index contributed by atoms with van der Waals surface area (Å²) in [4.78, 5) is 4.75. The molecule has 0 N–H and O–H groups in total. The van der Waals surface area contributed by atoms with E-state index in [0.717, 1.165) is 32.8 Å². The van der Waals surface area contributed by atoms with Gasteiger partial charge in [0.2, 0.25) is 0 Å². The first-order valence-electron chi connectivity index (χ1n) is 8.78. The predicted octanol–water partition coefficient (Wildman–Crippen LogP) is 6.85. The monoisotopic (exact) mass is 458 g/mol. The zero-order valence-corrected chi connectivity index (χ0v) is 18.4. The summed E-state index contributed by atoms with van der Waals surface area (Å²) >= 11 is 15.5. The van der Waals surface area contributed by atoms with E-state index < -0.39 is 0 Å².